The van der Waals surface area contributed by atoms with Crippen molar-refractivity contribution in [1.29, 1.82) is 0 Å². The summed E-state index contributed by atoms with van der Waals surface area (Å²) in [5.74, 6) is -0.371. The Bertz CT molecular complexity index is 1020. The van der Waals surface area contributed by atoms with Crippen LogP contribution in [0.4, 0.5) is 11.4 Å². The number of benzene rings is 2. The minimum absolute atomic E-state index is 0.173. The molecule has 0 unspecified atom stereocenters. The van der Waals surface area contributed by atoms with Gasteiger partial charge in [-0.1, -0.05) is 41.0 Å². The molecule has 0 radical (unpaired) electrons. The standard InChI is InChI=1S/C18H15Cl2N5O2S/c1-25-10-21-24-18(25)28-9-16(26)22-12-4-2-3-11(7-12)17(27)23-13-5-6-14(19)15(20)8-13/h2-8,10H,9H2,1H3,(H,22,26)(H,23,27). The summed E-state index contributed by atoms with van der Waals surface area (Å²) in [5.41, 5.74) is 1.43. The quantitative estimate of drug-likeness (QED) is 0.568. The first-order valence-corrected chi connectivity index (χ1v) is 9.79. The maximum Gasteiger partial charge on any atom is 0.255 e. The second-order valence-corrected chi connectivity index (χ2v) is 7.48. The Morgan fingerprint density at radius 2 is 1.86 bits per heavy atom. The van der Waals surface area contributed by atoms with Crippen molar-refractivity contribution in [3.05, 3.63) is 64.4 Å². The predicted octanol–water partition coefficient (Wildman–Crippen LogP) is 4.11. The number of carbonyl (C=O) groups is 2. The van der Waals surface area contributed by atoms with Gasteiger partial charge >= 0.3 is 0 Å². The van der Waals surface area contributed by atoms with Gasteiger partial charge in [0, 0.05) is 24.0 Å². The van der Waals surface area contributed by atoms with Gasteiger partial charge in [-0.25, -0.2) is 0 Å². The van der Waals surface area contributed by atoms with Crippen molar-refractivity contribution >= 4 is 58.2 Å². The van der Waals surface area contributed by atoms with Crippen molar-refractivity contribution in [1.82, 2.24) is 14.8 Å². The van der Waals surface area contributed by atoms with E-state index in [9.17, 15) is 9.59 Å². The molecule has 3 aromatic rings. The van der Waals surface area contributed by atoms with Crippen LogP contribution in [0.2, 0.25) is 10.0 Å². The fourth-order valence-electron chi connectivity index (χ4n) is 2.25. The van der Waals surface area contributed by atoms with Gasteiger partial charge in [0.05, 0.1) is 15.8 Å². The van der Waals surface area contributed by atoms with E-state index >= 15 is 0 Å². The van der Waals surface area contributed by atoms with Crippen LogP contribution in [-0.4, -0.2) is 32.3 Å². The molecule has 28 heavy (non-hydrogen) atoms. The monoisotopic (exact) mass is 435 g/mol. The van der Waals surface area contributed by atoms with Crippen molar-refractivity contribution in [3.8, 4) is 0 Å². The zero-order valence-corrected chi connectivity index (χ0v) is 17.0. The van der Waals surface area contributed by atoms with Crippen LogP contribution in [-0.2, 0) is 11.8 Å². The number of thioether (sulfide) groups is 1. The smallest absolute Gasteiger partial charge is 0.255 e. The van der Waals surface area contributed by atoms with Crippen LogP contribution in [0.1, 0.15) is 10.4 Å². The van der Waals surface area contributed by atoms with Crippen LogP contribution < -0.4 is 10.6 Å². The van der Waals surface area contributed by atoms with Crippen molar-refractivity contribution in [3.63, 3.8) is 0 Å². The highest BCUT2D eigenvalue weighted by molar-refractivity contribution is 7.99. The third-order valence-electron chi connectivity index (χ3n) is 3.59. The lowest BCUT2D eigenvalue weighted by molar-refractivity contribution is -0.113. The first-order chi connectivity index (χ1) is 13.4. The zero-order chi connectivity index (χ0) is 20.1. The van der Waals surface area contributed by atoms with Gasteiger partial charge in [-0.2, -0.15) is 0 Å². The Labute approximate surface area is 175 Å². The van der Waals surface area contributed by atoms with Gasteiger partial charge in [0.25, 0.3) is 5.91 Å². The molecule has 0 fully saturated rings. The molecule has 0 aliphatic carbocycles. The lowest BCUT2D eigenvalue weighted by Gasteiger charge is -2.09. The number of aromatic nitrogens is 3. The van der Waals surface area contributed by atoms with E-state index in [1.165, 1.54) is 11.8 Å². The van der Waals surface area contributed by atoms with E-state index in [1.807, 2.05) is 0 Å². The first kappa shape index (κ1) is 20.2. The number of nitrogens with one attached hydrogen (secondary N) is 2. The molecule has 0 bridgehead atoms. The largest absolute Gasteiger partial charge is 0.325 e. The molecule has 2 amide bonds. The maximum atomic E-state index is 12.4. The fraction of sp³-hybridized carbons (Fsp3) is 0.111. The van der Waals surface area contributed by atoms with Crippen molar-refractivity contribution in [2.24, 2.45) is 7.05 Å². The molecule has 2 N–H and O–H groups in total. The average Bonchev–Trinajstić information content (AvgIpc) is 3.08. The summed E-state index contributed by atoms with van der Waals surface area (Å²) in [7, 11) is 1.80. The summed E-state index contributed by atoms with van der Waals surface area (Å²) in [4.78, 5) is 24.6. The summed E-state index contributed by atoms with van der Waals surface area (Å²) >= 11 is 13.1. The molecule has 0 spiro atoms. The van der Waals surface area contributed by atoms with E-state index in [1.54, 1.807) is 60.4 Å². The average molecular weight is 436 g/mol. The van der Waals surface area contributed by atoms with Crippen LogP contribution >= 0.6 is 35.0 Å². The Morgan fingerprint density at radius 1 is 1.07 bits per heavy atom. The van der Waals surface area contributed by atoms with E-state index < -0.39 is 0 Å². The second-order valence-electron chi connectivity index (χ2n) is 5.73. The minimum Gasteiger partial charge on any atom is -0.325 e. The number of aryl methyl sites for hydroxylation is 1. The molecule has 2 aromatic carbocycles. The lowest BCUT2D eigenvalue weighted by Crippen LogP contribution is -2.16. The van der Waals surface area contributed by atoms with E-state index in [0.717, 1.165) is 0 Å². The Kier molecular flexibility index (Phi) is 6.56. The number of carbonyl (C=O) groups excluding carboxylic acids is 2. The van der Waals surface area contributed by atoms with Gasteiger partial charge < -0.3 is 15.2 Å². The Morgan fingerprint density at radius 3 is 2.57 bits per heavy atom. The zero-order valence-electron chi connectivity index (χ0n) is 14.6. The van der Waals surface area contributed by atoms with Crippen LogP contribution in [0, 0.1) is 0 Å². The van der Waals surface area contributed by atoms with Gasteiger partial charge in [0.15, 0.2) is 5.16 Å². The number of halogens is 2. The molecule has 0 aliphatic rings. The Balaban J connectivity index is 1.61. The van der Waals surface area contributed by atoms with Crippen molar-refractivity contribution in [2.45, 2.75) is 5.16 Å². The highest BCUT2D eigenvalue weighted by Gasteiger charge is 2.11. The third-order valence-corrected chi connectivity index (χ3v) is 5.36. The normalized spacial score (nSPS) is 10.5. The van der Waals surface area contributed by atoms with Gasteiger partial charge in [-0.05, 0) is 36.4 Å². The summed E-state index contributed by atoms with van der Waals surface area (Å²) < 4.78 is 1.73. The molecule has 0 saturated carbocycles. The van der Waals surface area contributed by atoms with Gasteiger partial charge in [0.2, 0.25) is 5.91 Å². The third kappa shape index (κ3) is 5.25. The van der Waals surface area contributed by atoms with E-state index in [4.69, 9.17) is 23.2 Å². The number of anilines is 2. The van der Waals surface area contributed by atoms with Crippen molar-refractivity contribution < 1.29 is 9.59 Å². The summed E-state index contributed by atoms with van der Waals surface area (Å²) in [6.07, 6.45) is 1.57. The van der Waals surface area contributed by atoms with Gasteiger partial charge in [-0.3, -0.25) is 9.59 Å². The van der Waals surface area contributed by atoms with Crippen LogP contribution in [0.5, 0.6) is 0 Å². The first-order valence-electron chi connectivity index (χ1n) is 8.05. The molecular formula is C18H15Cl2N5O2S. The van der Waals surface area contributed by atoms with E-state index in [2.05, 4.69) is 20.8 Å². The maximum absolute atomic E-state index is 12.4. The summed E-state index contributed by atoms with van der Waals surface area (Å²) in [6, 6.07) is 11.5. The highest BCUT2D eigenvalue weighted by Crippen LogP contribution is 2.25. The molecule has 3 rings (SSSR count). The lowest BCUT2D eigenvalue weighted by atomic mass is 10.2. The topological polar surface area (TPSA) is 88.9 Å². The number of amides is 2. The van der Waals surface area contributed by atoms with Crippen molar-refractivity contribution in [2.75, 3.05) is 16.4 Å². The minimum atomic E-state index is -0.331. The fourth-order valence-corrected chi connectivity index (χ4v) is 3.23. The molecule has 144 valence electrons. The van der Waals surface area contributed by atoms with Gasteiger partial charge in [0.1, 0.15) is 6.33 Å². The molecule has 1 heterocycles. The molecule has 7 nitrogen and oxygen atoms in total. The van der Waals surface area contributed by atoms with Crippen LogP contribution in [0.15, 0.2) is 53.9 Å². The molecule has 0 atom stereocenters. The number of hydrogen-bond acceptors (Lipinski definition) is 5. The van der Waals surface area contributed by atoms with E-state index in [0.29, 0.717) is 32.1 Å². The molecule has 1 aromatic heterocycles. The highest BCUT2D eigenvalue weighted by atomic mass is 35.5. The molecule has 0 saturated heterocycles. The van der Waals surface area contributed by atoms with E-state index in [-0.39, 0.29) is 17.6 Å². The van der Waals surface area contributed by atoms with Crippen LogP contribution in [0.25, 0.3) is 0 Å². The summed E-state index contributed by atoms with van der Waals surface area (Å²) in [6.45, 7) is 0. The summed E-state index contributed by atoms with van der Waals surface area (Å²) in [5, 5.41) is 14.6. The molecular weight excluding hydrogens is 421 g/mol. The predicted molar refractivity (Wildman–Crippen MR) is 111 cm³/mol. The van der Waals surface area contributed by atoms with Crippen LogP contribution in [0.3, 0.4) is 0 Å². The SMILES string of the molecule is Cn1cnnc1SCC(=O)Nc1cccc(C(=O)Nc2ccc(Cl)c(Cl)c2)c1. The number of rotatable bonds is 6. The second kappa shape index (κ2) is 9.09. The number of nitrogens with zero attached hydrogens (tertiary/aromatic N) is 3. The number of hydrogen-bond donors (Lipinski definition) is 2. The molecule has 10 heteroatoms. The molecule has 0 aliphatic heterocycles. The Hall–Kier alpha value is -2.55. The van der Waals surface area contributed by atoms with Gasteiger partial charge in [-0.15, -0.1) is 10.2 Å².